The Morgan fingerprint density at radius 3 is 2.16 bits per heavy atom. The number of benzene rings is 2. The van der Waals surface area contributed by atoms with Crippen LogP contribution >= 0.6 is 24.8 Å². The fraction of sp³-hybridized carbons (Fsp3) is 0.350. The zero-order valence-corrected chi connectivity index (χ0v) is 16.4. The van der Waals surface area contributed by atoms with Gasteiger partial charge in [0.2, 0.25) is 0 Å². The number of anilines is 1. The summed E-state index contributed by atoms with van der Waals surface area (Å²) in [6.07, 6.45) is 0.534. The van der Waals surface area contributed by atoms with Gasteiger partial charge in [-0.3, -0.25) is 4.79 Å². The number of piperazine rings is 1. The largest absolute Gasteiger partial charge is 0.368 e. The fourth-order valence-corrected chi connectivity index (χ4v) is 3.18. The average molecular weight is 381 g/mol. The van der Waals surface area contributed by atoms with Crippen molar-refractivity contribution in [1.82, 2.24) is 4.90 Å². The topological polar surface area (TPSA) is 23.6 Å². The van der Waals surface area contributed by atoms with Gasteiger partial charge < -0.3 is 9.80 Å². The average Bonchev–Trinajstić information content (AvgIpc) is 2.62. The fourth-order valence-electron chi connectivity index (χ4n) is 3.18. The summed E-state index contributed by atoms with van der Waals surface area (Å²) in [7, 11) is 2.16. The second-order valence-electron chi connectivity index (χ2n) is 6.13. The molecule has 1 saturated heterocycles. The summed E-state index contributed by atoms with van der Waals surface area (Å²) in [6, 6.07) is 16.4. The first-order valence-corrected chi connectivity index (χ1v) is 8.36. The second-order valence-corrected chi connectivity index (χ2v) is 6.13. The molecule has 2 aromatic rings. The van der Waals surface area contributed by atoms with Gasteiger partial charge in [-0.15, -0.1) is 24.8 Å². The van der Waals surface area contributed by atoms with E-state index in [1.807, 2.05) is 37.3 Å². The molecule has 25 heavy (non-hydrogen) atoms. The van der Waals surface area contributed by atoms with Gasteiger partial charge in [-0.25, -0.2) is 0 Å². The number of hydrogen-bond donors (Lipinski definition) is 0. The third kappa shape index (κ3) is 4.75. The summed E-state index contributed by atoms with van der Waals surface area (Å²) in [4.78, 5) is 17.2. The predicted octanol–water partition coefficient (Wildman–Crippen LogP) is 4.54. The lowest BCUT2D eigenvalue weighted by molar-refractivity contribution is 0.0989. The molecule has 3 nitrogen and oxygen atoms in total. The molecule has 0 aliphatic carbocycles. The van der Waals surface area contributed by atoms with E-state index < -0.39 is 0 Å². The quantitative estimate of drug-likeness (QED) is 0.727. The molecule has 0 spiro atoms. The van der Waals surface area contributed by atoms with Gasteiger partial charge in [0.15, 0.2) is 5.78 Å². The highest BCUT2D eigenvalue weighted by atomic mass is 35.5. The van der Waals surface area contributed by atoms with Gasteiger partial charge in [0.1, 0.15) is 0 Å². The number of Topliss-reactive ketones (excluding diaryl/α,β-unsaturated/α-hetero) is 1. The summed E-state index contributed by atoms with van der Waals surface area (Å²) < 4.78 is 0. The zero-order chi connectivity index (χ0) is 16.2. The highest BCUT2D eigenvalue weighted by Crippen LogP contribution is 2.35. The van der Waals surface area contributed by atoms with Crippen molar-refractivity contribution in [2.75, 3.05) is 38.1 Å². The molecule has 0 N–H and O–H groups in total. The Bertz CT molecular complexity index is 683. The first-order chi connectivity index (χ1) is 11.2. The van der Waals surface area contributed by atoms with E-state index in [-0.39, 0.29) is 30.6 Å². The van der Waals surface area contributed by atoms with Gasteiger partial charge in [0, 0.05) is 49.4 Å². The van der Waals surface area contributed by atoms with Crippen LogP contribution in [0.3, 0.4) is 0 Å². The van der Waals surface area contributed by atoms with Gasteiger partial charge in [-0.2, -0.15) is 0 Å². The molecule has 1 aliphatic rings. The number of ketones is 1. The maximum absolute atomic E-state index is 12.5. The van der Waals surface area contributed by atoms with Crippen LogP contribution in [0, 0.1) is 0 Å². The van der Waals surface area contributed by atoms with E-state index in [0.717, 1.165) is 42.9 Å². The molecule has 1 fully saturated rings. The Hall–Kier alpha value is -1.55. The highest BCUT2D eigenvalue weighted by Gasteiger charge is 2.21. The van der Waals surface area contributed by atoms with E-state index in [1.54, 1.807) is 0 Å². The van der Waals surface area contributed by atoms with E-state index >= 15 is 0 Å². The van der Waals surface area contributed by atoms with E-state index in [4.69, 9.17) is 0 Å². The van der Waals surface area contributed by atoms with Crippen LogP contribution < -0.4 is 4.90 Å². The lowest BCUT2D eigenvalue weighted by atomic mass is 9.93. The highest BCUT2D eigenvalue weighted by molar-refractivity contribution is 6.05. The molecular weight excluding hydrogens is 355 g/mol. The Kier molecular flexibility index (Phi) is 8.43. The van der Waals surface area contributed by atoms with Gasteiger partial charge in [0.05, 0.1) is 0 Å². The summed E-state index contributed by atoms with van der Waals surface area (Å²) >= 11 is 0. The van der Waals surface area contributed by atoms with Crippen molar-refractivity contribution in [3.63, 3.8) is 0 Å². The second kappa shape index (κ2) is 9.81. The van der Waals surface area contributed by atoms with Crippen LogP contribution in [-0.4, -0.2) is 43.9 Å². The number of likely N-dealkylation sites (N-methyl/N-ethyl adjacent to an activating group) is 1. The van der Waals surface area contributed by atoms with Crippen molar-refractivity contribution in [3.05, 3.63) is 54.1 Å². The van der Waals surface area contributed by atoms with Crippen LogP contribution in [0.15, 0.2) is 48.5 Å². The Labute approximate surface area is 162 Å². The van der Waals surface area contributed by atoms with Gasteiger partial charge in [0.25, 0.3) is 0 Å². The first kappa shape index (κ1) is 21.5. The smallest absolute Gasteiger partial charge is 0.163 e. The molecule has 0 atom stereocenters. The minimum absolute atomic E-state index is 0. The molecule has 1 heterocycles. The Balaban J connectivity index is 0.00000156. The van der Waals surface area contributed by atoms with Crippen molar-refractivity contribution in [1.29, 1.82) is 0 Å². The van der Waals surface area contributed by atoms with Gasteiger partial charge in [-0.1, -0.05) is 49.4 Å². The number of carbonyl (C=O) groups excluding carboxylic acids is 1. The van der Waals surface area contributed by atoms with E-state index in [1.165, 1.54) is 5.69 Å². The van der Waals surface area contributed by atoms with E-state index in [9.17, 15) is 4.79 Å². The lowest BCUT2D eigenvalue weighted by Gasteiger charge is -2.35. The summed E-state index contributed by atoms with van der Waals surface area (Å²) in [6.45, 7) is 6.04. The summed E-state index contributed by atoms with van der Waals surface area (Å²) in [5.41, 5.74) is 4.24. The third-order valence-electron chi connectivity index (χ3n) is 4.57. The molecule has 0 saturated carbocycles. The first-order valence-electron chi connectivity index (χ1n) is 8.36. The maximum Gasteiger partial charge on any atom is 0.163 e. The molecule has 0 amide bonds. The van der Waals surface area contributed by atoms with Crippen LogP contribution in [0.4, 0.5) is 5.69 Å². The minimum atomic E-state index is 0. The standard InChI is InChI=1S/C20H24N2O.2ClH/c1-3-19(23)17-10-7-11-18(22-14-12-21(2)13-15-22)20(17)16-8-5-4-6-9-16;;/h4-11H,3,12-15H2,1-2H3;2*1H. The van der Waals surface area contributed by atoms with Crippen LogP contribution in [-0.2, 0) is 0 Å². The SMILES string of the molecule is CCC(=O)c1cccc(N2CCN(C)CC2)c1-c1ccccc1.Cl.Cl. The molecule has 0 radical (unpaired) electrons. The van der Waals surface area contributed by atoms with Gasteiger partial charge in [-0.05, 0) is 18.7 Å². The van der Waals surface area contributed by atoms with Crippen LogP contribution in [0.5, 0.6) is 0 Å². The zero-order valence-electron chi connectivity index (χ0n) is 14.8. The van der Waals surface area contributed by atoms with E-state index in [0.29, 0.717) is 6.42 Å². The Morgan fingerprint density at radius 1 is 0.920 bits per heavy atom. The number of nitrogens with zero attached hydrogens (tertiary/aromatic N) is 2. The molecule has 2 aromatic carbocycles. The maximum atomic E-state index is 12.5. The van der Waals surface area contributed by atoms with Crippen LogP contribution in [0.2, 0.25) is 0 Å². The number of halogens is 2. The minimum Gasteiger partial charge on any atom is -0.368 e. The van der Waals surface area contributed by atoms with E-state index in [2.05, 4.69) is 35.0 Å². The number of hydrogen-bond acceptors (Lipinski definition) is 3. The van der Waals surface area contributed by atoms with Crippen molar-refractivity contribution < 1.29 is 4.79 Å². The predicted molar refractivity (Wildman–Crippen MR) is 111 cm³/mol. The molecule has 0 unspecified atom stereocenters. The van der Waals surface area contributed by atoms with Crippen molar-refractivity contribution >= 4 is 36.3 Å². The van der Waals surface area contributed by atoms with Crippen molar-refractivity contribution in [2.24, 2.45) is 0 Å². The third-order valence-corrected chi connectivity index (χ3v) is 4.57. The van der Waals surface area contributed by atoms with Gasteiger partial charge >= 0.3 is 0 Å². The molecule has 3 rings (SSSR count). The van der Waals surface area contributed by atoms with Crippen LogP contribution in [0.25, 0.3) is 11.1 Å². The normalized spacial score (nSPS) is 14.4. The lowest BCUT2D eigenvalue weighted by Crippen LogP contribution is -2.44. The molecule has 136 valence electrons. The monoisotopic (exact) mass is 380 g/mol. The molecule has 1 aliphatic heterocycles. The van der Waals surface area contributed by atoms with Crippen molar-refractivity contribution in [3.8, 4) is 11.1 Å². The Morgan fingerprint density at radius 2 is 1.56 bits per heavy atom. The summed E-state index contributed by atoms with van der Waals surface area (Å²) in [5, 5.41) is 0. The van der Waals surface area contributed by atoms with Crippen molar-refractivity contribution in [2.45, 2.75) is 13.3 Å². The molecule has 0 bridgehead atoms. The number of carbonyl (C=O) groups is 1. The number of rotatable bonds is 4. The van der Waals surface area contributed by atoms with Crippen LogP contribution in [0.1, 0.15) is 23.7 Å². The molecule has 0 aromatic heterocycles. The molecule has 5 heteroatoms. The summed E-state index contributed by atoms with van der Waals surface area (Å²) in [5.74, 6) is 0.208. The molecular formula is C20H26Cl2N2O.